The van der Waals surface area contributed by atoms with Crippen molar-refractivity contribution in [3.63, 3.8) is 0 Å². The van der Waals surface area contributed by atoms with Crippen molar-refractivity contribution in [2.45, 2.75) is 62.3 Å². The van der Waals surface area contributed by atoms with Crippen LogP contribution in [0.5, 0.6) is 0 Å². The van der Waals surface area contributed by atoms with Gasteiger partial charge in [-0.15, -0.1) is 0 Å². The summed E-state index contributed by atoms with van der Waals surface area (Å²) in [6.07, 6.45) is 5.03. The van der Waals surface area contributed by atoms with Crippen LogP contribution in [0.15, 0.2) is 0 Å². The summed E-state index contributed by atoms with van der Waals surface area (Å²) in [6.45, 7) is 6.40. The Labute approximate surface area is 117 Å². The van der Waals surface area contributed by atoms with E-state index in [9.17, 15) is 10.1 Å². The smallest absolute Gasteiger partial charge is 0.220 e. The van der Waals surface area contributed by atoms with Gasteiger partial charge in [0.1, 0.15) is 0 Å². The number of halogens is 1. The summed E-state index contributed by atoms with van der Waals surface area (Å²) in [6, 6.07) is 0. The van der Waals surface area contributed by atoms with Crippen LogP contribution in [0.3, 0.4) is 0 Å². The van der Waals surface area contributed by atoms with Crippen molar-refractivity contribution in [3.8, 4) is 0 Å². The zero-order valence-electron chi connectivity index (χ0n) is 10.9. The molecule has 5 atom stereocenters. The Kier molecular flexibility index (Phi) is 3.47. The van der Waals surface area contributed by atoms with Gasteiger partial charge in [0.05, 0.1) is 0 Å². The molecule has 0 aliphatic heterocycles. The van der Waals surface area contributed by atoms with Gasteiger partial charge in [-0.3, -0.25) is 10.1 Å². The summed E-state index contributed by atoms with van der Waals surface area (Å²) >= 11 is 2.48. The third-order valence-corrected chi connectivity index (χ3v) is 6.37. The average Bonchev–Trinajstić information content (AvgIpc) is 2.91. The van der Waals surface area contributed by atoms with Gasteiger partial charge < -0.3 is 0 Å². The quantitative estimate of drug-likeness (QED) is 0.333. The molecule has 2 aliphatic rings. The van der Waals surface area contributed by atoms with Crippen molar-refractivity contribution in [3.05, 3.63) is 10.1 Å². The van der Waals surface area contributed by atoms with Crippen LogP contribution in [-0.4, -0.2) is 14.4 Å². The lowest BCUT2D eigenvalue weighted by atomic mass is 9.77. The molecular formula is C13H22INO2. The lowest BCUT2D eigenvalue weighted by molar-refractivity contribution is -0.569. The molecule has 3 nitrogen and oxygen atoms in total. The number of hydrogen-bond donors (Lipinski definition) is 0. The van der Waals surface area contributed by atoms with E-state index in [4.69, 9.17) is 0 Å². The molecule has 0 amide bonds. The minimum atomic E-state index is -0.676. The van der Waals surface area contributed by atoms with Gasteiger partial charge in [-0.2, -0.15) is 0 Å². The topological polar surface area (TPSA) is 43.1 Å². The zero-order valence-corrected chi connectivity index (χ0v) is 13.1. The number of alkyl halides is 1. The Hall–Kier alpha value is 0.130. The number of rotatable bonds is 3. The average molecular weight is 351 g/mol. The molecule has 0 aromatic heterocycles. The van der Waals surface area contributed by atoms with Crippen molar-refractivity contribution in [1.82, 2.24) is 0 Å². The van der Waals surface area contributed by atoms with Gasteiger partial charge in [0.15, 0.2) is 0 Å². The van der Waals surface area contributed by atoms with Gasteiger partial charge in [0, 0.05) is 28.6 Å². The predicted octanol–water partition coefficient (Wildman–Crippen LogP) is 4.06. The van der Waals surface area contributed by atoms with Crippen LogP contribution < -0.4 is 0 Å². The van der Waals surface area contributed by atoms with Crippen molar-refractivity contribution in [2.75, 3.05) is 0 Å². The van der Waals surface area contributed by atoms with Gasteiger partial charge in [-0.25, -0.2) is 0 Å². The summed E-state index contributed by atoms with van der Waals surface area (Å²) in [5, 5.41) is 11.3. The van der Waals surface area contributed by atoms with Crippen LogP contribution in [-0.2, 0) is 0 Å². The monoisotopic (exact) mass is 351 g/mol. The van der Waals surface area contributed by atoms with E-state index in [0.717, 1.165) is 25.2 Å². The Morgan fingerprint density at radius 2 is 2.12 bits per heavy atom. The summed E-state index contributed by atoms with van der Waals surface area (Å²) < 4.78 is 0.603. The molecular weight excluding hydrogens is 329 g/mol. The maximum Gasteiger partial charge on any atom is 0.220 e. The molecule has 0 heterocycles. The van der Waals surface area contributed by atoms with Crippen molar-refractivity contribution in [1.29, 1.82) is 0 Å². The number of nitrogens with zero attached hydrogens (tertiary/aromatic N) is 1. The molecule has 0 aromatic rings. The van der Waals surface area contributed by atoms with Crippen molar-refractivity contribution in [2.24, 2.45) is 17.3 Å². The highest BCUT2D eigenvalue weighted by molar-refractivity contribution is 14.1. The number of fused-ring (bicyclic) bond motifs is 1. The van der Waals surface area contributed by atoms with Crippen LogP contribution in [0.1, 0.15) is 52.9 Å². The van der Waals surface area contributed by atoms with Crippen LogP contribution in [0.2, 0.25) is 0 Å². The summed E-state index contributed by atoms with van der Waals surface area (Å²) in [7, 11) is 0. The van der Waals surface area contributed by atoms with Gasteiger partial charge in [-0.1, -0.05) is 36.4 Å². The first kappa shape index (κ1) is 13.6. The van der Waals surface area contributed by atoms with Crippen molar-refractivity contribution < 1.29 is 4.92 Å². The van der Waals surface area contributed by atoms with Crippen LogP contribution in [0, 0.1) is 27.4 Å². The molecule has 4 heteroatoms. The molecule has 0 radical (unpaired) electrons. The van der Waals surface area contributed by atoms with E-state index in [0.29, 0.717) is 9.84 Å². The molecule has 0 saturated heterocycles. The Morgan fingerprint density at radius 1 is 1.47 bits per heavy atom. The predicted molar refractivity (Wildman–Crippen MR) is 77.1 cm³/mol. The minimum Gasteiger partial charge on any atom is -0.264 e. The second-order valence-electron chi connectivity index (χ2n) is 6.42. The first-order valence-electron chi connectivity index (χ1n) is 6.60. The standard InChI is InChI=1S/C13H22INO2/c1-9(10(2)14)13-7-11(13)5-4-6-12(3,8-13)15(16)17/h9-11H,4-8H2,1-3H3. The van der Waals surface area contributed by atoms with E-state index in [1.54, 1.807) is 0 Å². The zero-order chi connectivity index (χ0) is 12.8. The molecule has 0 aromatic carbocycles. The van der Waals surface area contributed by atoms with E-state index in [2.05, 4.69) is 36.4 Å². The highest BCUT2D eigenvalue weighted by Gasteiger charge is 2.63. The first-order valence-corrected chi connectivity index (χ1v) is 7.85. The molecule has 98 valence electrons. The van der Waals surface area contributed by atoms with Crippen LogP contribution in [0.4, 0.5) is 0 Å². The Bertz CT molecular complexity index is 333. The first-order chi connectivity index (χ1) is 7.82. The molecule has 2 rings (SSSR count). The Morgan fingerprint density at radius 3 is 2.65 bits per heavy atom. The fraction of sp³-hybridized carbons (Fsp3) is 1.00. The molecule has 2 fully saturated rings. The number of hydrogen-bond acceptors (Lipinski definition) is 2. The minimum absolute atomic E-state index is 0.0139. The summed E-state index contributed by atoms with van der Waals surface area (Å²) in [5.74, 6) is 1.36. The molecule has 0 N–H and O–H groups in total. The lowest BCUT2D eigenvalue weighted by Gasteiger charge is -2.31. The van der Waals surface area contributed by atoms with E-state index in [1.165, 1.54) is 12.8 Å². The van der Waals surface area contributed by atoms with Crippen LogP contribution >= 0.6 is 22.6 Å². The van der Waals surface area contributed by atoms with Crippen molar-refractivity contribution >= 4 is 22.6 Å². The summed E-state index contributed by atoms with van der Waals surface area (Å²) in [4.78, 5) is 11.3. The second kappa shape index (κ2) is 4.35. The SMILES string of the molecule is CC(I)C(C)C12CC1CCCC(C)([N+](=O)[O-])C2. The highest BCUT2D eigenvalue weighted by atomic mass is 127. The largest absolute Gasteiger partial charge is 0.264 e. The summed E-state index contributed by atoms with van der Waals surface area (Å²) in [5.41, 5.74) is -0.399. The molecule has 17 heavy (non-hydrogen) atoms. The molecule has 0 bridgehead atoms. The molecule has 2 aliphatic carbocycles. The van der Waals surface area contributed by atoms with Gasteiger partial charge >= 0.3 is 0 Å². The van der Waals surface area contributed by atoms with Gasteiger partial charge in [0.2, 0.25) is 5.54 Å². The third kappa shape index (κ3) is 2.22. The van der Waals surface area contributed by atoms with E-state index >= 15 is 0 Å². The number of nitro groups is 1. The Balaban J connectivity index is 2.22. The van der Waals surface area contributed by atoms with Gasteiger partial charge in [-0.05, 0) is 36.5 Å². The molecule has 5 unspecified atom stereocenters. The second-order valence-corrected chi connectivity index (χ2v) is 8.39. The van der Waals surface area contributed by atoms with Gasteiger partial charge in [0.25, 0.3) is 0 Å². The third-order valence-electron chi connectivity index (χ3n) is 5.29. The molecule has 0 spiro atoms. The normalized spacial score (nSPS) is 44.4. The maximum absolute atomic E-state index is 11.3. The van der Waals surface area contributed by atoms with E-state index < -0.39 is 5.54 Å². The van der Waals surface area contributed by atoms with E-state index in [-0.39, 0.29) is 10.3 Å². The fourth-order valence-electron chi connectivity index (χ4n) is 3.86. The maximum atomic E-state index is 11.3. The van der Waals surface area contributed by atoms with E-state index in [1.807, 2.05) is 6.92 Å². The fourth-order valence-corrected chi connectivity index (χ4v) is 4.58. The molecule has 2 saturated carbocycles. The van der Waals surface area contributed by atoms with Crippen LogP contribution in [0.25, 0.3) is 0 Å². The highest BCUT2D eigenvalue weighted by Crippen LogP contribution is 2.67. The lowest BCUT2D eigenvalue weighted by Crippen LogP contribution is -2.39.